The first kappa shape index (κ1) is 17.4. The first-order chi connectivity index (χ1) is 12.6. The van der Waals surface area contributed by atoms with Crippen LogP contribution in [0.15, 0.2) is 24.4 Å². The van der Waals surface area contributed by atoms with Crippen molar-refractivity contribution in [3.8, 4) is 0 Å². The summed E-state index contributed by atoms with van der Waals surface area (Å²) in [7, 11) is 0. The zero-order valence-electron chi connectivity index (χ0n) is 14.7. The van der Waals surface area contributed by atoms with E-state index in [0.29, 0.717) is 43.5 Å². The Morgan fingerprint density at radius 1 is 1.38 bits per heavy atom. The normalized spacial score (nSPS) is 18.6. The van der Waals surface area contributed by atoms with Crippen LogP contribution in [-0.2, 0) is 4.74 Å². The lowest BCUT2D eigenvalue weighted by atomic mass is 10.1. The first-order valence-corrected chi connectivity index (χ1v) is 9.79. The molecule has 1 saturated heterocycles. The van der Waals surface area contributed by atoms with Crippen molar-refractivity contribution in [1.82, 2.24) is 10.3 Å². The summed E-state index contributed by atoms with van der Waals surface area (Å²) >= 11 is 1.61. The summed E-state index contributed by atoms with van der Waals surface area (Å²) in [6.45, 7) is 4.52. The number of anilines is 1. The molecular formula is C19H22FN3O2S. The molecule has 138 valence electrons. The molecule has 2 heterocycles. The van der Waals surface area contributed by atoms with Crippen molar-refractivity contribution in [1.29, 1.82) is 0 Å². The topological polar surface area (TPSA) is 54.5 Å². The highest BCUT2D eigenvalue weighted by Gasteiger charge is 2.35. The molecule has 1 aliphatic heterocycles. The molecule has 1 aliphatic carbocycles. The highest BCUT2D eigenvalue weighted by atomic mass is 32.1. The van der Waals surface area contributed by atoms with Gasteiger partial charge in [0.15, 0.2) is 0 Å². The van der Waals surface area contributed by atoms with Crippen molar-refractivity contribution < 1.29 is 13.9 Å². The van der Waals surface area contributed by atoms with E-state index < -0.39 is 0 Å². The largest absolute Gasteiger partial charge is 0.378 e. The monoisotopic (exact) mass is 375 g/mol. The Kier molecular flexibility index (Phi) is 4.91. The second-order valence-electron chi connectivity index (χ2n) is 6.86. The van der Waals surface area contributed by atoms with Crippen LogP contribution < -0.4 is 10.2 Å². The molecule has 4 rings (SSSR count). The van der Waals surface area contributed by atoms with Crippen molar-refractivity contribution >= 4 is 22.9 Å². The minimum absolute atomic E-state index is 0.0804. The molecule has 2 aliphatic rings. The van der Waals surface area contributed by atoms with Crippen LogP contribution in [-0.4, -0.2) is 37.2 Å². The van der Waals surface area contributed by atoms with Crippen LogP contribution in [0.2, 0.25) is 0 Å². The zero-order chi connectivity index (χ0) is 18.1. The van der Waals surface area contributed by atoms with Crippen LogP contribution >= 0.6 is 11.3 Å². The van der Waals surface area contributed by atoms with Gasteiger partial charge in [-0.1, -0.05) is 0 Å². The summed E-state index contributed by atoms with van der Waals surface area (Å²) in [6, 6.07) is 4.63. The molecule has 0 radical (unpaired) electrons. The van der Waals surface area contributed by atoms with Crippen molar-refractivity contribution in [3.63, 3.8) is 0 Å². The molecule has 26 heavy (non-hydrogen) atoms. The first-order valence-electron chi connectivity index (χ1n) is 8.97. The lowest BCUT2D eigenvalue weighted by Crippen LogP contribution is -2.37. The third-order valence-electron chi connectivity index (χ3n) is 4.85. The van der Waals surface area contributed by atoms with Gasteiger partial charge >= 0.3 is 0 Å². The fourth-order valence-corrected chi connectivity index (χ4v) is 4.18. The van der Waals surface area contributed by atoms with E-state index in [4.69, 9.17) is 4.74 Å². The Labute approximate surface area is 156 Å². The number of amides is 1. The van der Waals surface area contributed by atoms with Gasteiger partial charge in [-0.15, -0.1) is 11.3 Å². The number of benzene rings is 1. The Morgan fingerprint density at radius 3 is 2.77 bits per heavy atom. The molecule has 1 unspecified atom stereocenters. The Morgan fingerprint density at radius 2 is 2.15 bits per heavy atom. The van der Waals surface area contributed by atoms with Gasteiger partial charge in [0.25, 0.3) is 5.91 Å². The molecular weight excluding hydrogens is 353 g/mol. The number of nitrogens with zero attached hydrogens (tertiary/aromatic N) is 2. The zero-order valence-corrected chi connectivity index (χ0v) is 15.5. The lowest BCUT2D eigenvalue weighted by Gasteiger charge is -2.29. The number of rotatable bonds is 5. The summed E-state index contributed by atoms with van der Waals surface area (Å²) in [5, 5.41) is 3.99. The van der Waals surface area contributed by atoms with Gasteiger partial charge in [0.2, 0.25) is 0 Å². The highest BCUT2D eigenvalue weighted by Crippen LogP contribution is 2.42. The van der Waals surface area contributed by atoms with E-state index in [2.05, 4.69) is 10.3 Å². The molecule has 1 aromatic carbocycles. The molecule has 1 amide bonds. The molecule has 1 saturated carbocycles. The van der Waals surface area contributed by atoms with E-state index in [1.54, 1.807) is 23.5 Å². The van der Waals surface area contributed by atoms with E-state index in [1.807, 2.05) is 18.0 Å². The smallest absolute Gasteiger partial charge is 0.251 e. The Hall–Kier alpha value is -1.99. The minimum Gasteiger partial charge on any atom is -0.378 e. The minimum atomic E-state index is -0.368. The number of aromatic nitrogens is 1. The van der Waals surface area contributed by atoms with E-state index in [1.165, 1.54) is 6.07 Å². The number of morpholine rings is 1. The van der Waals surface area contributed by atoms with Gasteiger partial charge in [0, 0.05) is 29.7 Å². The number of nitrogens with one attached hydrogen (secondary N) is 1. The number of ether oxygens (including phenoxy) is 1. The van der Waals surface area contributed by atoms with Gasteiger partial charge in [-0.2, -0.15) is 0 Å². The van der Waals surface area contributed by atoms with Gasteiger partial charge in [0.1, 0.15) is 10.8 Å². The number of carbonyl (C=O) groups excluding carboxylic acids is 1. The Bertz CT molecular complexity index is 800. The molecule has 0 bridgehead atoms. The maximum atomic E-state index is 14.6. The summed E-state index contributed by atoms with van der Waals surface area (Å²) in [5.41, 5.74) is 0.873. The number of thiazole rings is 1. The van der Waals surface area contributed by atoms with Crippen LogP contribution in [0.5, 0.6) is 0 Å². The number of halogens is 1. The maximum absolute atomic E-state index is 14.6. The third kappa shape index (κ3) is 3.73. The standard InChI is InChI=1S/C19H22FN3O2S/c1-12-11-21-19(26-12)17(13-2-3-13)22-18(24)14-4-5-16(15(20)10-14)23-6-8-25-9-7-23/h4-5,10-11,13,17H,2-3,6-9H2,1H3,(H,22,24). The van der Waals surface area contributed by atoms with Crippen molar-refractivity contribution in [2.24, 2.45) is 5.92 Å². The maximum Gasteiger partial charge on any atom is 0.251 e. The van der Waals surface area contributed by atoms with E-state index in [-0.39, 0.29) is 17.8 Å². The average Bonchev–Trinajstić information content (AvgIpc) is 3.40. The Balaban J connectivity index is 1.49. The second kappa shape index (κ2) is 7.32. The predicted molar refractivity (Wildman–Crippen MR) is 99.2 cm³/mol. The molecule has 0 spiro atoms. The van der Waals surface area contributed by atoms with Crippen molar-refractivity contribution in [2.45, 2.75) is 25.8 Å². The highest BCUT2D eigenvalue weighted by molar-refractivity contribution is 7.11. The average molecular weight is 375 g/mol. The molecule has 1 N–H and O–H groups in total. The van der Waals surface area contributed by atoms with Crippen LogP contribution in [0.3, 0.4) is 0 Å². The number of hydrogen-bond acceptors (Lipinski definition) is 5. The van der Waals surface area contributed by atoms with Crippen LogP contribution in [0.4, 0.5) is 10.1 Å². The van der Waals surface area contributed by atoms with Crippen LogP contribution in [0.25, 0.3) is 0 Å². The molecule has 1 atom stereocenters. The van der Waals surface area contributed by atoms with Gasteiger partial charge in [-0.25, -0.2) is 9.37 Å². The van der Waals surface area contributed by atoms with Crippen molar-refractivity contribution in [3.05, 3.63) is 45.7 Å². The van der Waals surface area contributed by atoms with Crippen LogP contribution in [0.1, 0.15) is 39.1 Å². The molecule has 5 nitrogen and oxygen atoms in total. The number of aryl methyl sites for hydroxylation is 1. The van der Waals surface area contributed by atoms with Crippen LogP contribution in [0, 0.1) is 18.7 Å². The molecule has 2 fully saturated rings. The second-order valence-corrected chi connectivity index (χ2v) is 8.13. The van der Waals surface area contributed by atoms with E-state index in [0.717, 1.165) is 22.7 Å². The summed E-state index contributed by atoms with van der Waals surface area (Å²) in [6.07, 6.45) is 4.01. The van der Waals surface area contributed by atoms with E-state index in [9.17, 15) is 9.18 Å². The van der Waals surface area contributed by atoms with Gasteiger partial charge in [0.05, 0.1) is 24.9 Å². The van der Waals surface area contributed by atoms with Gasteiger partial charge in [-0.05, 0) is 43.9 Å². The SMILES string of the molecule is Cc1cnc(C(NC(=O)c2ccc(N3CCOCC3)c(F)c2)C2CC2)s1. The van der Waals surface area contributed by atoms with Crippen molar-refractivity contribution in [2.75, 3.05) is 31.2 Å². The molecule has 1 aromatic heterocycles. The van der Waals surface area contributed by atoms with Gasteiger partial charge < -0.3 is 15.0 Å². The fourth-order valence-electron chi connectivity index (χ4n) is 3.26. The number of hydrogen-bond donors (Lipinski definition) is 1. The molecule has 7 heteroatoms. The van der Waals surface area contributed by atoms with Gasteiger partial charge in [-0.3, -0.25) is 4.79 Å². The number of carbonyl (C=O) groups is 1. The summed E-state index contributed by atoms with van der Waals surface area (Å²) < 4.78 is 19.9. The summed E-state index contributed by atoms with van der Waals surface area (Å²) in [5.74, 6) is -0.184. The lowest BCUT2D eigenvalue weighted by molar-refractivity contribution is 0.0931. The predicted octanol–water partition coefficient (Wildman–Crippen LogP) is 3.31. The third-order valence-corrected chi connectivity index (χ3v) is 5.84. The fraction of sp³-hybridized carbons (Fsp3) is 0.474. The quantitative estimate of drug-likeness (QED) is 0.871. The summed E-state index contributed by atoms with van der Waals surface area (Å²) in [4.78, 5) is 20.2. The molecule has 2 aromatic rings. The van der Waals surface area contributed by atoms with E-state index >= 15 is 0 Å².